The Labute approximate surface area is 143 Å². The molecule has 1 heterocycles. The normalized spacial score (nSPS) is 11.2. The van der Waals surface area contributed by atoms with Crippen LogP contribution in [0.15, 0.2) is 24.5 Å². The molecule has 0 atom stereocenters. The Morgan fingerprint density at radius 2 is 1.83 bits per heavy atom. The van der Waals surface area contributed by atoms with E-state index in [0.29, 0.717) is 10.7 Å². The maximum Gasteiger partial charge on any atom is 0.353 e. The SMILES string of the molecule is CC(C)(C)Nc1ncnc(Nc2cccc(Cl)c2Cl)c1[N+](=O)[O-]. The van der Waals surface area contributed by atoms with E-state index in [-0.39, 0.29) is 22.3 Å². The molecule has 9 heteroatoms. The van der Waals surface area contributed by atoms with Gasteiger partial charge in [-0.2, -0.15) is 0 Å². The van der Waals surface area contributed by atoms with Crippen LogP contribution in [0.5, 0.6) is 0 Å². The Balaban J connectivity index is 2.48. The van der Waals surface area contributed by atoms with E-state index in [1.54, 1.807) is 18.2 Å². The van der Waals surface area contributed by atoms with Crippen molar-refractivity contribution >= 4 is 46.2 Å². The zero-order chi connectivity index (χ0) is 17.2. The second kappa shape index (κ2) is 6.55. The van der Waals surface area contributed by atoms with E-state index in [1.165, 1.54) is 6.33 Å². The number of nitrogens with one attached hydrogen (secondary N) is 2. The van der Waals surface area contributed by atoms with Crippen LogP contribution >= 0.6 is 23.2 Å². The summed E-state index contributed by atoms with van der Waals surface area (Å²) in [5, 5.41) is 17.9. The van der Waals surface area contributed by atoms with Gasteiger partial charge < -0.3 is 10.6 Å². The lowest BCUT2D eigenvalue weighted by Gasteiger charge is -2.21. The van der Waals surface area contributed by atoms with Crippen LogP contribution in [-0.2, 0) is 0 Å². The first kappa shape index (κ1) is 17.2. The molecule has 23 heavy (non-hydrogen) atoms. The Kier molecular flexibility index (Phi) is 4.91. The molecule has 0 bridgehead atoms. The summed E-state index contributed by atoms with van der Waals surface area (Å²) in [5.74, 6) is 0.152. The van der Waals surface area contributed by atoms with Gasteiger partial charge in [-0.15, -0.1) is 0 Å². The van der Waals surface area contributed by atoms with E-state index in [1.807, 2.05) is 20.8 Å². The van der Waals surface area contributed by atoms with Crippen LogP contribution < -0.4 is 10.6 Å². The van der Waals surface area contributed by atoms with Gasteiger partial charge in [0.1, 0.15) is 6.33 Å². The molecule has 0 fully saturated rings. The molecule has 2 rings (SSSR count). The molecule has 2 aromatic rings. The zero-order valence-electron chi connectivity index (χ0n) is 12.7. The Morgan fingerprint density at radius 1 is 1.17 bits per heavy atom. The van der Waals surface area contributed by atoms with Crippen molar-refractivity contribution in [3.8, 4) is 0 Å². The number of hydrogen-bond donors (Lipinski definition) is 2. The standard InChI is InChI=1S/C14H15Cl2N5O2/c1-14(2,3)20-13-11(21(22)23)12(17-7-18-13)19-9-6-4-5-8(15)10(9)16/h4-7H,1-3H3,(H2,17,18,19,20). The van der Waals surface area contributed by atoms with Gasteiger partial charge >= 0.3 is 5.69 Å². The van der Waals surface area contributed by atoms with Crippen LogP contribution in [0.2, 0.25) is 10.0 Å². The Morgan fingerprint density at radius 3 is 2.43 bits per heavy atom. The summed E-state index contributed by atoms with van der Waals surface area (Å²) >= 11 is 12.0. The van der Waals surface area contributed by atoms with Crippen molar-refractivity contribution in [3.05, 3.63) is 44.7 Å². The van der Waals surface area contributed by atoms with E-state index in [9.17, 15) is 10.1 Å². The summed E-state index contributed by atoms with van der Waals surface area (Å²) in [6.07, 6.45) is 1.24. The molecule has 0 amide bonds. The first-order valence-electron chi connectivity index (χ1n) is 6.67. The number of nitro groups is 1. The van der Waals surface area contributed by atoms with Gasteiger partial charge in [-0.3, -0.25) is 10.1 Å². The van der Waals surface area contributed by atoms with Crippen molar-refractivity contribution in [1.82, 2.24) is 9.97 Å². The zero-order valence-corrected chi connectivity index (χ0v) is 14.2. The third kappa shape index (κ3) is 4.20. The smallest absolute Gasteiger partial charge is 0.353 e. The quantitative estimate of drug-likeness (QED) is 0.612. The maximum absolute atomic E-state index is 11.5. The minimum atomic E-state index is -0.547. The number of aromatic nitrogens is 2. The van der Waals surface area contributed by atoms with Crippen LogP contribution in [0.4, 0.5) is 23.0 Å². The summed E-state index contributed by atoms with van der Waals surface area (Å²) < 4.78 is 0. The van der Waals surface area contributed by atoms with Crippen molar-refractivity contribution in [2.45, 2.75) is 26.3 Å². The molecule has 0 saturated carbocycles. The van der Waals surface area contributed by atoms with E-state index >= 15 is 0 Å². The molecule has 2 N–H and O–H groups in total. The number of halogens is 2. The second-order valence-corrected chi connectivity index (χ2v) is 6.56. The largest absolute Gasteiger partial charge is 0.360 e. The molecule has 0 aliphatic heterocycles. The van der Waals surface area contributed by atoms with Gasteiger partial charge in [0.2, 0.25) is 11.6 Å². The molecule has 0 radical (unpaired) electrons. The molecule has 0 spiro atoms. The van der Waals surface area contributed by atoms with Gasteiger partial charge in [0, 0.05) is 5.54 Å². The lowest BCUT2D eigenvalue weighted by atomic mass is 10.1. The van der Waals surface area contributed by atoms with E-state index in [4.69, 9.17) is 23.2 Å². The summed E-state index contributed by atoms with van der Waals surface area (Å²) in [5.41, 5.74) is -0.245. The molecule has 0 aliphatic carbocycles. The minimum Gasteiger partial charge on any atom is -0.360 e. The number of hydrogen-bond acceptors (Lipinski definition) is 6. The summed E-state index contributed by atoms with van der Waals surface area (Å²) in [4.78, 5) is 18.8. The highest BCUT2D eigenvalue weighted by atomic mass is 35.5. The number of benzene rings is 1. The molecule has 1 aromatic heterocycles. The number of rotatable bonds is 4. The second-order valence-electron chi connectivity index (χ2n) is 5.78. The van der Waals surface area contributed by atoms with Gasteiger partial charge in [-0.05, 0) is 32.9 Å². The van der Waals surface area contributed by atoms with Gasteiger partial charge in [0.05, 0.1) is 20.7 Å². The van der Waals surface area contributed by atoms with Gasteiger partial charge in [0.25, 0.3) is 0 Å². The van der Waals surface area contributed by atoms with Crippen LogP contribution in [-0.4, -0.2) is 20.4 Å². The molecular weight excluding hydrogens is 341 g/mol. The van der Waals surface area contributed by atoms with Crippen LogP contribution in [0.1, 0.15) is 20.8 Å². The minimum absolute atomic E-state index is 0.0286. The van der Waals surface area contributed by atoms with Crippen LogP contribution in [0.25, 0.3) is 0 Å². The van der Waals surface area contributed by atoms with Gasteiger partial charge in [-0.25, -0.2) is 9.97 Å². The molecular formula is C14H15Cl2N5O2. The molecule has 122 valence electrons. The maximum atomic E-state index is 11.5. The lowest BCUT2D eigenvalue weighted by molar-refractivity contribution is -0.383. The number of nitrogens with zero attached hydrogens (tertiary/aromatic N) is 3. The fourth-order valence-electron chi connectivity index (χ4n) is 1.82. The average Bonchev–Trinajstić information content (AvgIpc) is 2.42. The topological polar surface area (TPSA) is 93.0 Å². The Bertz CT molecular complexity index is 746. The summed E-state index contributed by atoms with van der Waals surface area (Å²) in [6.45, 7) is 5.62. The first-order chi connectivity index (χ1) is 10.7. The van der Waals surface area contributed by atoms with E-state index in [2.05, 4.69) is 20.6 Å². The predicted octanol–water partition coefficient (Wildman–Crippen LogP) is 4.65. The molecule has 0 unspecified atom stereocenters. The third-order valence-corrected chi connectivity index (χ3v) is 3.52. The Hall–Kier alpha value is -2.12. The average molecular weight is 356 g/mol. The van der Waals surface area contributed by atoms with Crippen molar-refractivity contribution < 1.29 is 4.92 Å². The number of anilines is 3. The van der Waals surface area contributed by atoms with Crippen LogP contribution in [0.3, 0.4) is 0 Å². The lowest BCUT2D eigenvalue weighted by Crippen LogP contribution is -2.27. The summed E-state index contributed by atoms with van der Waals surface area (Å²) in [7, 11) is 0. The first-order valence-corrected chi connectivity index (χ1v) is 7.43. The fourth-order valence-corrected chi connectivity index (χ4v) is 2.17. The van der Waals surface area contributed by atoms with Crippen LogP contribution in [0, 0.1) is 10.1 Å². The highest BCUT2D eigenvalue weighted by Gasteiger charge is 2.26. The van der Waals surface area contributed by atoms with Crippen molar-refractivity contribution in [2.75, 3.05) is 10.6 Å². The van der Waals surface area contributed by atoms with E-state index < -0.39 is 10.5 Å². The van der Waals surface area contributed by atoms with Gasteiger partial charge in [0.15, 0.2) is 0 Å². The van der Waals surface area contributed by atoms with E-state index in [0.717, 1.165) is 0 Å². The third-order valence-electron chi connectivity index (χ3n) is 2.70. The monoisotopic (exact) mass is 355 g/mol. The summed E-state index contributed by atoms with van der Waals surface area (Å²) in [6, 6.07) is 4.95. The predicted molar refractivity (Wildman–Crippen MR) is 91.8 cm³/mol. The van der Waals surface area contributed by atoms with Crippen molar-refractivity contribution in [1.29, 1.82) is 0 Å². The van der Waals surface area contributed by atoms with Gasteiger partial charge in [-0.1, -0.05) is 29.3 Å². The molecule has 7 nitrogen and oxygen atoms in total. The van der Waals surface area contributed by atoms with Crippen molar-refractivity contribution in [2.24, 2.45) is 0 Å². The highest BCUT2D eigenvalue weighted by Crippen LogP contribution is 2.36. The highest BCUT2D eigenvalue weighted by molar-refractivity contribution is 6.43. The van der Waals surface area contributed by atoms with Crippen molar-refractivity contribution in [3.63, 3.8) is 0 Å². The molecule has 0 saturated heterocycles. The fraction of sp³-hybridized carbons (Fsp3) is 0.286. The molecule has 0 aliphatic rings. The molecule has 1 aromatic carbocycles.